The van der Waals surface area contributed by atoms with Gasteiger partial charge in [-0.3, -0.25) is 0 Å². The Labute approximate surface area is 68.2 Å². The fraction of sp³-hybridized carbons (Fsp3) is 0.333. The van der Waals surface area contributed by atoms with Gasteiger partial charge in [0.25, 0.3) is 0 Å². The van der Waals surface area contributed by atoms with Crippen molar-refractivity contribution in [2.45, 2.75) is 6.92 Å². The molecule has 0 spiro atoms. The highest BCUT2D eigenvalue weighted by Gasteiger charge is 1.97. The van der Waals surface area contributed by atoms with Crippen LogP contribution in [0.5, 0.6) is 6.01 Å². The van der Waals surface area contributed by atoms with Crippen molar-refractivity contribution in [3.63, 3.8) is 0 Å². The van der Waals surface area contributed by atoms with Crippen molar-refractivity contribution in [2.75, 3.05) is 7.04 Å². The molecule has 0 fully saturated rings. The van der Waals surface area contributed by atoms with Gasteiger partial charge in [0.1, 0.15) is 5.15 Å². The largest absolute Gasteiger partial charge is 0.467 e. The zero-order chi connectivity index (χ0) is 10.1. The number of hydrogen-bond acceptors (Lipinski definition) is 3. The molecule has 4 heteroatoms. The summed E-state index contributed by atoms with van der Waals surface area (Å²) in [5.74, 6) is 0. The second kappa shape index (κ2) is 2.84. The molecule has 0 aliphatic carbocycles. The molecule has 0 N–H and O–H groups in total. The second-order valence-electron chi connectivity index (χ2n) is 1.72. The maximum atomic E-state index is 6.80. The van der Waals surface area contributed by atoms with Gasteiger partial charge < -0.3 is 4.74 Å². The van der Waals surface area contributed by atoms with Gasteiger partial charge in [-0.15, -0.1) is 0 Å². The molecule has 0 saturated carbocycles. The number of aryl methyl sites for hydroxylation is 1. The van der Waals surface area contributed by atoms with Gasteiger partial charge in [0.15, 0.2) is 0 Å². The SMILES string of the molecule is [2H]C([2H])([2H])Oc1nc(C)cc(Cl)n1. The van der Waals surface area contributed by atoms with Crippen LogP contribution in [-0.4, -0.2) is 17.0 Å². The number of methoxy groups -OCH3 is 1. The predicted octanol–water partition coefficient (Wildman–Crippen LogP) is 1.45. The van der Waals surface area contributed by atoms with Crippen LogP contribution in [0.1, 0.15) is 9.81 Å². The van der Waals surface area contributed by atoms with E-state index in [4.69, 9.17) is 15.7 Å². The van der Waals surface area contributed by atoms with E-state index in [2.05, 4.69) is 14.7 Å². The molecular weight excluding hydrogens is 152 g/mol. The molecule has 1 heterocycles. The first-order valence-corrected chi connectivity index (χ1v) is 2.95. The zero-order valence-corrected chi connectivity index (χ0v) is 6.01. The van der Waals surface area contributed by atoms with E-state index in [1.54, 1.807) is 6.92 Å². The zero-order valence-electron chi connectivity index (χ0n) is 8.26. The number of hydrogen-bond donors (Lipinski definition) is 0. The predicted molar refractivity (Wildman–Crippen MR) is 38.3 cm³/mol. The summed E-state index contributed by atoms with van der Waals surface area (Å²) in [7, 11) is -2.54. The summed E-state index contributed by atoms with van der Waals surface area (Å²) in [4.78, 5) is 7.33. The molecule has 10 heavy (non-hydrogen) atoms. The van der Waals surface area contributed by atoms with E-state index in [-0.39, 0.29) is 11.2 Å². The maximum absolute atomic E-state index is 6.80. The van der Waals surface area contributed by atoms with E-state index >= 15 is 0 Å². The van der Waals surface area contributed by atoms with Crippen molar-refractivity contribution in [3.05, 3.63) is 16.9 Å². The molecule has 0 amide bonds. The topological polar surface area (TPSA) is 35.0 Å². The number of rotatable bonds is 1. The molecule has 54 valence electrons. The molecule has 0 bridgehead atoms. The van der Waals surface area contributed by atoms with Gasteiger partial charge in [-0.2, -0.15) is 4.98 Å². The number of aromatic nitrogens is 2. The molecule has 0 aromatic carbocycles. The Morgan fingerprint density at radius 3 is 3.10 bits per heavy atom. The van der Waals surface area contributed by atoms with E-state index in [0.29, 0.717) is 5.69 Å². The van der Waals surface area contributed by atoms with Crippen molar-refractivity contribution in [3.8, 4) is 6.01 Å². The van der Waals surface area contributed by atoms with Gasteiger partial charge >= 0.3 is 6.01 Å². The Morgan fingerprint density at radius 1 is 1.70 bits per heavy atom. The van der Waals surface area contributed by atoms with Crippen LogP contribution < -0.4 is 4.74 Å². The lowest BCUT2D eigenvalue weighted by molar-refractivity contribution is 0.379. The van der Waals surface area contributed by atoms with Crippen molar-refractivity contribution in [1.29, 1.82) is 0 Å². The van der Waals surface area contributed by atoms with Gasteiger partial charge in [0, 0.05) is 5.69 Å². The highest BCUT2D eigenvalue weighted by molar-refractivity contribution is 6.29. The summed E-state index contributed by atoms with van der Waals surface area (Å²) in [6, 6.07) is 1.28. The fourth-order valence-electron chi connectivity index (χ4n) is 0.550. The third-order valence-corrected chi connectivity index (χ3v) is 1.09. The maximum Gasteiger partial charge on any atom is 0.317 e. The third-order valence-electron chi connectivity index (χ3n) is 0.894. The van der Waals surface area contributed by atoms with Gasteiger partial charge in [-0.05, 0) is 13.0 Å². The molecule has 0 aliphatic heterocycles. The van der Waals surface area contributed by atoms with Crippen LogP contribution in [0.25, 0.3) is 0 Å². The van der Waals surface area contributed by atoms with Crippen molar-refractivity contribution in [1.82, 2.24) is 9.97 Å². The van der Waals surface area contributed by atoms with E-state index in [0.717, 1.165) is 0 Å². The smallest absolute Gasteiger partial charge is 0.317 e. The quantitative estimate of drug-likeness (QED) is 0.585. The molecule has 0 unspecified atom stereocenters. The first-order chi connectivity index (χ1) is 5.87. The normalized spacial score (nSPS) is 15.2. The Bertz CT molecular complexity index is 295. The van der Waals surface area contributed by atoms with Crippen LogP contribution in [0.4, 0.5) is 0 Å². The van der Waals surface area contributed by atoms with Crippen LogP contribution >= 0.6 is 11.6 Å². The highest BCUT2D eigenvalue weighted by Crippen LogP contribution is 2.09. The Balaban J connectivity index is 2.90. The average molecular weight is 162 g/mol. The van der Waals surface area contributed by atoms with Crippen molar-refractivity contribution < 1.29 is 8.85 Å². The van der Waals surface area contributed by atoms with Gasteiger partial charge in [0.2, 0.25) is 0 Å². The van der Waals surface area contributed by atoms with Crippen molar-refractivity contribution in [2.24, 2.45) is 0 Å². The molecular formula is C6H7ClN2O. The summed E-state index contributed by atoms with van der Waals surface area (Å²) in [5.41, 5.74) is 0.555. The van der Waals surface area contributed by atoms with Crippen LogP contribution in [0.2, 0.25) is 5.15 Å². The number of halogens is 1. The summed E-state index contributed by atoms with van der Waals surface area (Å²) in [6.45, 7) is 1.67. The Morgan fingerprint density at radius 2 is 2.50 bits per heavy atom. The van der Waals surface area contributed by atoms with Gasteiger partial charge in [0.05, 0.1) is 11.2 Å². The second-order valence-corrected chi connectivity index (χ2v) is 2.10. The molecule has 1 aromatic heterocycles. The minimum absolute atomic E-state index is 0.159. The Hall–Kier alpha value is -0.830. The summed E-state index contributed by atoms with van der Waals surface area (Å²) in [5, 5.41) is 0.159. The molecule has 3 nitrogen and oxygen atoms in total. The minimum Gasteiger partial charge on any atom is -0.467 e. The molecule has 0 radical (unpaired) electrons. The first kappa shape index (κ1) is 4.13. The highest BCUT2D eigenvalue weighted by atomic mass is 35.5. The van der Waals surface area contributed by atoms with E-state index in [9.17, 15) is 0 Å². The Kier molecular flexibility index (Phi) is 1.17. The lowest BCUT2D eigenvalue weighted by atomic mass is 10.5. The van der Waals surface area contributed by atoms with E-state index in [1.165, 1.54) is 6.07 Å². The lowest BCUT2D eigenvalue weighted by Gasteiger charge is -1.97. The van der Waals surface area contributed by atoms with Crippen LogP contribution in [0, 0.1) is 6.92 Å². The van der Waals surface area contributed by atoms with Gasteiger partial charge in [-0.1, -0.05) is 11.6 Å². The third kappa shape index (κ3) is 1.57. The van der Waals surface area contributed by atoms with Crippen molar-refractivity contribution >= 4 is 11.6 Å². The minimum atomic E-state index is -2.54. The molecule has 0 aliphatic rings. The van der Waals surface area contributed by atoms with Crippen LogP contribution in [0.3, 0.4) is 0 Å². The molecule has 0 saturated heterocycles. The molecule has 1 aromatic rings. The standard InChI is InChI=1S/C6H7ClN2O/c1-4-3-5(7)9-6(8-4)10-2/h3H,1-2H3/i2D3. The summed E-state index contributed by atoms with van der Waals surface area (Å²) in [6.07, 6.45) is 0. The summed E-state index contributed by atoms with van der Waals surface area (Å²) < 4.78 is 24.9. The van der Waals surface area contributed by atoms with Crippen LogP contribution in [-0.2, 0) is 0 Å². The number of ether oxygens (including phenoxy) is 1. The van der Waals surface area contributed by atoms with E-state index in [1.807, 2.05) is 0 Å². The molecule has 1 rings (SSSR count). The summed E-state index contributed by atoms with van der Waals surface area (Å²) >= 11 is 5.56. The fourth-order valence-corrected chi connectivity index (χ4v) is 0.780. The monoisotopic (exact) mass is 161 g/mol. The first-order valence-electron chi connectivity index (χ1n) is 4.07. The molecule has 0 atom stereocenters. The van der Waals surface area contributed by atoms with Crippen LogP contribution in [0.15, 0.2) is 6.07 Å². The lowest BCUT2D eigenvalue weighted by Crippen LogP contribution is -1.93. The van der Waals surface area contributed by atoms with Gasteiger partial charge in [-0.25, -0.2) is 4.98 Å². The average Bonchev–Trinajstić information content (AvgIpc) is 1.78. The van der Waals surface area contributed by atoms with E-state index < -0.39 is 7.04 Å². The number of nitrogens with zero attached hydrogens (tertiary/aromatic N) is 2.